The van der Waals surface area contributed by atoms with E-state index in [-0.39, 0.29) is 0 Å². The number of aryl methyl sites for hydroxylation is 1. The molecule has 0 amide bonds. The Morgan fingerprint density at radius 2 is 1.56 bits per heavy atom. The zero-order valence-electron chi connectivity index (χ0n) is 20.7. The van der Waals surface area contributed by atoms with Crippen molar-refractivity contribution in [3.63, 3.8) is 0 Å². The highest BCUT2D eigenvalue weighted by Gasteiger charge is 2.51. The average molecular weight is 459 g/mol. The van der Waals surface area contributed by atoms with E-state index in [9.17, 15) is 0 Å². The van der Waals surface area contributed by atoms with Crippen molar-refractivity contribution in [2.24, 2.45) is 23.5 Å². The van der Waals surface area contributed by atoms with Crippen LogP contribution in [0.3, 0.4) is 0 Å². The Morgan fingerprint density at radius 1 is 0.912 bits per heavy atom. The lowest BCUT2D eigenvalue weighted by atomic mass is 9.48. The van der Waals surface area contributed by atoms with Crippen LogP contribution in [0.25, 0.3) is 22.2 Å². The van der Waals surface area contributed by atoms with Crippen LogP contribution in [0.4, 0.5) is 0 Å². The van der Waals surface area contributed by atoms with Gasteiger partial charge in [-0.05, 0) is 123 Å². The summed E-state index contributed by atoms with van der Waals surface area (Å²) in [4.78, 5) is 3.77. The summed E-state index contributed by atoms with van der Waals surface area (Å²) in [6.45, 7) is 0.730. The topological polar surface area (TPSA) is 60.3 Å². The fourth-order valence-electron chi connectivity index (χ4n) is 8.06. The molecule has 4 heteroatoms. The molecular formula is C30H38N2O2. The molecule has 4 aliphatic rings. The normalized spacial score (nSPS) is 27.4. The molecule has 4 nitrogen and oxygen atoms in total. The predicted molar refractivity (Wildman–Crippen MR) is 139 cm³/mol. The van der Waals surface area contributed by atoms with Crippen molar-refractivity contribution >= 4 is 10.9 Å². The minimum atomic E-state index is 0.400. The van der Waals surface area contributed by atoms with Gasteiger partial charge in [0.1, 0.15) is 11.5 Å². The lowest BCUT2D eigenvalue weighted by Gasteiger charge is -2.57. The number of nitrogens with one attached hydrogen (secondary N) is 1. The predicted octanol–water partition coefficient (Wildman–Crippen LogP) is 6.60. The SMILES string of the molecule is COc1cccc(OC)c1-c1[nH]c2ccc(C34CC5CC(CC(C5)C3)C4)cc2c1CCCCN. The molecule has 3 aromatic rings. The number of hydrogen-bond acceptors (Lipinski definition) is 3. The maximum atomic E-state index is 5.87. The third-order valence-electron chi connectivity index (χ3n) is 9.12. The van der Waals surface area contributed by atoms with Crippen molar-refractivity contribution in [2.45, 2.75) is 63.2 Å². The Morgan fingerprint density at radius 3 is 2.15 bits per heavy atom. The molecule has 0 unspecified atom stereocenters. The summed E-state index contributed by atoms with van der Waals surface area (Å²) >= 11 is 0. The largest absolute Gasteiger partial charge is 0.496 e. The standard InChI is InChI=1S/C30H38N2O2/c1-33-26-7-5-8-27(34-2)28(26)29-23(6-3-4-11-31)24-15-22(9-10-25(24)32-29)30-16-19-12-20(17-30)14-21(13-19)18-30/h5,7-10,15,19-21,32H,3-4,6,11-14,16-18,31H2,1-2H3. The van der Waals surface area contributed by atoms with Crippen LogP contribution < -0.4 is 15.2 Å². The molecule has 7 rings (SSSR count). The van der Waals surface area contributed by atoms with Crippen LogP contribution in [0.2, 0.25) is 0 Å². The molecule has 4 saturated carbocycles. The van der Waals surface area contributed by atoms with Gasteiger partial charge in [-0.2, -0.15) is 0 Å². The summed E-state index contributed by atoms with van der Waals surface area (Å²) in [7, 11) is 3.47. The van der Waals surface area contributed by atoms with Crippen molar-refractivity contribution in [2.75, 3.05) is 20.8 Å². The van der Waals surface area contributed by atoms with Crippen LogP contribution >= 0.6 is 0 Å². The highest BCUT2D eigenvalue weighted by Crippen LogP contribution is 2.61. The van der Waals surface area contributed by atoms with Gasteiger partial charge in [0.2, 0.25) is 0 Å². The number of aromatic amines is 1. The highest BCUT2D eigenvalue weighted by atomic mass is 16.5. The molecule has 0 radical (unpaired) electrons. The molecule has 0 atom stereocenters. The summed E-state index contributed by atoms with van der Waals surface area (Å²) in [6, 6.07) is 13.3. The number of methoxy groups -OCH3 is 2. The van der Waals surface area contributed by atoms with Crippen molar-refractivity contribution < 1.29 is 9.47 Å². The van der Waals surface area contributed by atoms with Crippen molar-refractivity contribution in [3.05, 3.63) is 47.5 Å². The third-order valence-corrected chi connectivity index (χ3v) is 9.12. The molecule has 34 heavy (non-hydrogen) atoms. The summed E-state index contributed by atoms with van der Waals surface area (Å²) in [5.74, 6) is 4.53. The molecule has 0 aliphatic heterocycles. The minimum Gasteiger partial charge on any atom is -0.496 e. The monoisotopic (exact) mass is 458 g/mol. The number of aromatic nitrogens is 1. The van der Waals surface area contributed by atoms with E-state index < -0.39 is 0 Å². The fourth-order valence-corrected chi connectivity index (χ4v) is 8.06. The number of unbranched alkanes of at least 4 members (excludes halogenated alkanes) is 1. The summed E-state index contributed by atoms with van der Waals surface area (Å²) in [5, 5.41) is 1.37. The summed E-state index contributed by atoms with van der Waals surface area (Å²) in [6.07, 6.45) is 11.7. The molecular weight excluding hydrogens is 420 g/mol. The molecule has 4 bridgehead atoms. The lowest BCUT2D eigenvalue weighted by molar-refractivity contribution is -0.00513. The van der Waals surface area contributed by atoms with Gasteiger partial charge in [-0.1, -0.05) is 12.1 Å². The smallest absolute Gasteiger partial charge is 0.131 e. The van der Waals surface area contributed by atoms with Gasteiger partial charge in [0.05, 0.1) is 25.5 Å². The van der Waals surface area contributed by atoms with Crippen LogP contribution in [0, 0.1) is 17.8 Å². The number of fused-ring (bicyclic) bond motifs is 1. The number of H-pyrrole nitrogens is 1. The van der Waals surface area contributed by atoms with Crippen LogP contribution in [0.1, 0.15) is 62.5 Å². The molecule has 4 aliphatic carbocycles. The number of rotatable bonds is 8. The van der Waals surface area contributed by atoms with Crippen molar-refractivity contribution in [1.82, 2.24) is 4.98 Å². The van der Waals surface area contributed by atoms with Gasteiger partial charge in [-0.25, -0.2) is 0 Å². The van der Waals surface area contributed by atoms with Gasteiger partial charge in [-0.3, -0.25) is 0 Å². The van der Waals surface area contributed by atoms with Crippen LogP contribution in [-0.4, -0.2) is 25.7 Å². The first-order valence-electron chi connectivity index (χ1n) is 13.2. The van der Waals surface area contributed by atoms with E-state index in [0.29, 0.717) is 5.41 Å². The van der Waals surface area contributed by atoms with E-state index >= 15 is 0 Å². The van der Waals surface area contributed by atoms with E-state index in [0.717, 1.165) is 66.3 Å². The highest BCUT2D eigenvalue weighted by molar-refractivity contribution is 5.94. The first kappa shape index (κ1) is 22.0. The minimum absolute atomic E-state index is 0.400. The Hall–Kier alpha value is -2.46. The quantitative estimate of drug-likeness (QED) is 0.374. The van der Waals surface area contributed by atoms with E-state index in [1.54, 1.807) is 19.8 Å². The molecule has 0 saturated heterocycles. The first-order chi connectivity index (χ1) is 16.6. The van der Waals surface area contributed by atoms with Crippen LogP contribution in [-0.2, 0) is 11.8 Å². The number of ether oxygens (including phenoxy) is 2. The average Bonchev–Trinajstić information content (AvgIpc) is 3.20. The third kappa shape index (κ3) is 3.53. The van der Waals surface area contributed by atoms with Crippen molar-refractivity contribution in [3.8, 4) is 22.8 Å². The summed E-state index contributed by atoms with van der Waals surface area (Å²) < 4.78 is 11.6. The molecule has 3 N–H and O–H groups in total. The number of nitrogens with two attached hydrogens (primary N) is 1. The Labute approximate surface area is 203 Å². The molecule has 0 spiro atoms. The molecule has 1 aromatic heterocycles. The van der Waals surface area contributed by atoms with Crippen LogP contribution in [0.5, 0.6) is 11.5 Å². The molecule has 1 heterocycles. The lowest BCUT2D eigenvalue weighted by Crippen LogP contribution is -2.48. The van der Waals surface area contributed by atoms with Crippen molar-refractivity contribution in [1.29, 1.82) is 0 Å². The fraction of sp³-hybridized carbons (Fsp3) is 0.533. The Balaban J connectivity index is 1.49. The van der Waals surface area contributed by atoms with Gasteiger partial charge in [0.25, 0.3) is 0 Å². The van der Waals surface area contributed by atoms with Gasteiger partial charge in [0, 0.05) is 10.9 Å². The second-order valence-electron chi connectivity index (χ2n) is 11.2. The zero-order valence-corrected chi connectivity index (χ0v) is 20.7. The van der Waals surface area contributed by atoms with E-state index in [4.69, 9.17) is 15.2 Å². The van der Waals surface area contributed by atoms with Gasteiger partial charge >= 0.3 is 0 Å². The Kier molecular flexibility index (Phi) is 5.60. The van der Waals surface area contributed by atoms with E-state index in [1.807, 2.05) is 18.2 Å². The molecule has 4 fully saturated rings. The van der Waals surface area contributed by atoms with E-state index in [1.165, 1.54) is 55.0 Å². The first-order valence-corrected chi connectivity index (χ1v) is 13.2. The number of hydrogen-bond donors (Lipinski definition) is 2. The van der Waals surface area contributed by atoms with Gasteiger partial charge in [-0.15, -0.1) is 0 Å². The second kappa shape index (κ2) is 8.64. The molecule has 180 valence electrons. The summed E-state index contributed by atoms with van der Waals surface area (Å²) in [5.41, 5.74) is 12.6. The van der Waals surface area contributed by atoms with Gasteiger partial charge in [0.15, 0.2) is 0 Å². The molecule has 2 aromatic carbocycles. The maximum absolute atomic E-state index is 5.87. The maximum Gasteiger partial charge on any atom is 0.131 e. The van der Waals surface area contributed by atoms with Crippen LogP contribution in [0.15, 0.2) is 36.4 Å². The Bertz CT molecular complexity index is 1140. The van der Waals surface area contributed by atoms with Gasteiger partial charge < -0.3 is 20.2 Å². The number of benzene rings is 2. The van der Waals surface area contributed by atoms with E-state index in [2.05, 4.69) is 23.2 Å². The second-order valence-corrected chi connectivity index (χ2v) is 11.2. The zero-order chi connectivity index (χ0) is 23.3.